The first kappa shape index (κ1) is 20.7. The molecule has 0 bridgehead atoms. The van der Waals surface area contributed by atoms with Crippen LogP contribution in [0.1, 0.15) is 0 Å². The molecule has 0 aliphatic carbocycles. The van der Waals surface area contributed by atoms with E-state index in [1.807, 2.05) is 0 Å². The molecule has 1 aliphatic rings. The summed E-state index contributed by atoms with van der Waals surface area (Å²) in [6, 6.07) is 5.30. The van der Waals surface area contributed by atoms with E-state index in [-0.39, 0.29) is 0 Å². The molecule has 0 unspecified atom stereocenters. The van der Waals surface area contributed by atoms with Gasteiger partial charge in [0, 0.05) is 11.8 Å². The average Bonchev–Trinajstić information content (AvgIpc) is 2.64. The first-order valence-corrected chi connectivity index (χ1v) is 8.90. The summed E-state index contributed by atoms with van der Waals surface area (Å²) in [6.45, 7) is 5.93. The van der Waals surface area contributed by atoms with Gasteiger partial charge in [0.25, 0.3) is 0 Å². The van der Waals surface area contributed by atoms with Crippen LogP contribution in [0.25, 0.3) is 0 Å². The van der Waals surface area contributed by atoms with Gasteiger partial charge >= 0.3 is 0 Å². The lowest BCUT2D eigenvalue weighted by molar-refractivity contribution is -0.0134. The zero-order valence-electron chi connectivity index (χ0n) is 15.2. The molecule has 26 heavy (non-hydrogen) atoms. The molecule has 0 saturated carbocycles. The number of benzene rings is 1. The molecule has 148 valence electrons. The zero-order valence-corrected chi connectivity index (χ0v) is 15.2. The third-order valence-electron chi connectivity index (χ3n) is 3.43. The minimum absolute atomic E-state index is 0.400. The molecule has 2 rings (SSSR count). The van der Waals surface area contributed by atoms with Crippen LogP contribution in [0.3, 0.4) is 0 Å². The highest BCUT2D eigenvalue weighted by Gasteiger charge is 2.06. The van der Waals surface area contributed by atoms with Gasteiger partial charge in [-0.2, -0.15) is 0 Å². The Morgan fingerprint density at radius 3 is 1.35 bits per heavy atom. The second-order valence-corrected chi connectivity index (χ2v) is 5.46. The number of ether oxygens (including phenoxy) is 7. The summed E-state index contributed by atoms with van der Waals surface area (Å²) >= 11 is 0. The highest BCUT2D eigenvalue weighted by molar-refractivity contribution is 5.51. The number of rotatable bonds is 0. The Kier molecular flexibility index (Phi) is 10.8. The van der Waals surface area contributed by atoms with Crippen LogP contribution in [-0.2, 0) is 23.7 Å². The van der Waals surface area contributed by atoms with Gasteiger partial charge in [-0.1, -0.05) is 0 Å². The maximum atomic E-state index is 5.82. The largest absolute Gasteiger partial charge is 0.487 e. The highest BCUT2D eigenvalue weighted by Crippen LogP contribution is 2.29. The first-order valence-electron chi connectivity index (χ1n) is 8.90. The summed E-state index contributed by atoms with van der Waals surface area (Å²) in [5.41, 5.74) is 6.44. The van der Waals surface area contributed by atoms with E-state index in [0.717, 1.165) is 0 Å². The van der Waals surface area contributed by atoms with Crippen molar-refractivity contribution in [3.8, 4) is 11.5 Å². The normalized spacial score (nSPS) is 20.0. The summed E-state index contributed by atoms with van der Waals surface area (Å²) in [5, 5.41) is 0. The Morgan fingerprint density at radius 2 is 0.885 bits per heavy atom. The fourth-order valence-electron chi connectivity index (χ4n) is 2.16. The Labute approximate surface area is 154 Å². The van der Waals surface area contributed by atoms with Gasteiger partial charge in [0.1, 0.15) is 13.2 Å². The van der Waals surface area contributed by atoms with Gasteiger partial charge < -0.3 is 38.9 Å². The molecule has 8 heteroatoms. The molecule has 1 aliphatic heterocycles. The molecular weight excluding hydrogens is 342 g/mol. The standard InChI is InChI=1S/C18H29NO7/c19-16-1-2-17-18(15-16)26-14-12-24-10-8-22-6-4-20-3-5-21-7-9-23-11-13-25-17/h1-2,15H,3-14,19H2. The molecule has 1 aromatic carbocycles. The predicted octanol–water partition coefficient (Wildman–Crippen LogP) is 1.12. The van der Waals surface area contributed by atoms with Gasteiger partial charge in [0.2, 0.25) is 0 Å². The van der Waals surface area contributed by atoms with Gasteiger partial charge in [-0.3, -0.25) is 0 Å². The van der Waals surface area contributed by atoms with E-state index in [1.54, 1.807) is 18.2 Å². The van der Waals surface area contributed by atoms with E-state index >= 15 is 0 Å². The van der Waals surface area contributed by atoms with Gasteiger partial charge in [-0.05, 0) is 12.1 Å². The fourth-order valence-corrected chi connectivity index (χ4v) is 2.16. The molecule has 2 N–H and O–H groups in total. The molecule has 0 aromatic heterocycles. The fraction of sp³-hybridized carbons (Fsp3) is 0.667. The molecule has 8 nitrogen and oxygen atoms in total. The number of hydrogen-bond donors (Lipinski definition) is 1. The Bertz CT molecular complexity index is 487. The summed E-state index contributed by atoms with van der Waals surface area (Å²) in [5.74, 6) is 1.22. The summed E-state index contributed by atoms with van der Waals surface area (Å²) in [4.78, 5) is 0. The van der Waals surface area contributed by atoms with Crippen molar-refractivity contribution in [3.05, 3.63) is 18.2 Å². The zero-order chi connectivity index (χ0) is 18.3. The van der Waals surface area contributed by atoms with E-state index in [1.165, 1.54) is 0 Å². The lowest BCUT2D eigenvalue weighted by Crippen LogP contribution is -2.14. The minimum Gasteiger partial charge on any atom is -0.487 e. The van der Waals surface area contributed by atoms with Crippen LogP contribution in [0, 0.1) is 0 Å². The smallest absolute Gasteiger partial charge is 0.163 e. The van der Waals surface area contributed by atoms with Crippen LogP contribution in [0.15, 0.2) is 18.2 Å². The van der Waals surface area contributed by atoms with Crippen molar-refractivity contribution in [2.24, 2.45) is 0 Å². The monoisotopic (exact) mass is 371 g/mol. The number of hydrogen-bond acceptors (Lipinski definition) is 8. The molecule has 0 atom stereocenters. The maximum Gasteiger partial charge on any atom is 0.163 e. The van der Waals surface area contributed by atoms with Gasteiger partial charge in [-0.15, -0.1) is 0 Å². The predicted molar refractivity (Wildman–Crippen MR) is 95.9 cm³/mol. The summed E-state index contributed by atoms with van der Waals surface area (Å²) < 4.78 is 38.6. The van der Waals surface area contributed by atoms with Crippen LogP contribution < -0.4 is 15.2 Å². The third-order valence-corrected chi connectivity index (χ3v) is 3.43. The number of nitrogens with two attached hydrogens (primary N) is 1. The average molecular weight is 371 g/mol. The quantitative estimate of drug-likeness (QED) is 0.679. The van der Waals surface area contributed by atoms with Crippen molar-refractivity contribution in [1.29, 1.82) is 0 Å². The van der Waals surface area contributed by atoms with Crippen LogP contribution in [0.2, 0.25) is 0 Å². The Balaban J connectivity index is 1.78. The lowest BCUT2D eigenvalue weighted by Gasteiger charge is -2.14. The molecule has 0 radical (unpaired) electrons. The van der Waals surface area contributed by atoms with E-state index in [2.05, 4.69) is 0 Å². The van der Waals surface area contributed by atoms with Crippen molar-refractivity contribution in [2.75, 3.05) is 85.0 Å². The van der Waals surface area contributed by atoms with Crippen molar-refractivity contribution < 1.29 is 33.2 Å². The van der Waals surface area contributed by atoms with Crippen LogP contribution >= 0.6 is 0 Å². The second kappa shape index (κ2) is 13.6. The van der Waals surface area contributed by atoms with Crippen LogP contribution in [-0.4, -0.2) is 79.3 Å². The van der Waals surface area contributed by atoms with Crippen LogP contribution in [0.4, 0.5) is 5.69 Å². The van der Waals surface area contributed by atoms with Crippen molar-refractivity contribution >= 4 is 5.69 Å². The molecule has 0 amide bonds. The highest BCUT2D eigenvalue weighted by atomic mass is 16.6. The topological polar surface area (TPSA) is 90.6 Å². The molecule has 0 fully saturated rings. The van der Waals surface area contributed by atoms with E-state index < -0.39 is 0 Å². The van der Waals surface area contributed by atoms with Crippen molar-refractivity contribution in [2.45, 2.75) is 0 Å². The third kappa shape index (κ3) is 9.21. The van der Waals surface area contributed by atoms with Crippen LogP contribution in [0.5, 0.6) is 11.5 Å². The molecule has 1 heterocycles. The summed E-state index contributed by atoms with van der Waals surface area (Å²) in [7, 11) is 0. The minimum atomic E-state index is 0.400. The van der Waals surface area contributed by atoms with E-state index in [0.29, 0.717) is 96.5 Å². The summed E-state index contributed by atoms with van der Waals surface area (Å²) in [6.07, 6.45) is 0. The Morgan fingerprint density at radius 1 is 0.500 bits per heavy atom. The number of anilines is 1. The SMILES string of the molecule is Nc1ccc2c(c1)OCCOCCOCCOCCOCCOCCO2. The van der Waals surface area contributed by atoms with Gasteiger partial charge in [0.15, 0.2) is 11.5 Å². The lowest BCUT2D eigenvalue weighted by atomic mass is 10.3. The molecule has 0 saturated heterocycles. The maximum absolute atomic E-state index is 5.82. The van der Waals surface area contributed by atoms with Gasteiger partial charge in [-0.25, -0.2) is 0 Å². The van der Waals surface area contributed by atoms with Crippen molar-refractivity contribution in [3.63, 3.8) is 0 Å². The molecule has 0 spiro atoms. The molecular formula is C18H29NO7. The van der Waals surface area contributed by atoms with Gasteiger partial charge in [0.05, 0.1) is 66.1 Å². The molecule has 1 aromatic rings. The first-order chi connectivity index (χ1) is 12.9. The number of nitrogen functional groups attached to an aromatic ring is 1. The van der Waals surface area contributed by atoms with E-state index in [4.69, 9.17) is 38.9 Å². The Hall–Kier alpha value is -1.58. The number of fused-ring (bicyclic) bond motifs is 1. The van der Waals surface area contributed by atoms with E-state index in [9.17, 15) is 0 Å². The van der Waals surface area contributed by atoms with Crippen molar-refractivity contribution in [1.82, 2.24) is 0 Å². The second-order valence-electron chi connectivity index (χ2n) is 5.46.